The van der Waals surface area contributed by atoms with Crippen LogP contribution in [0.25, 0.3) is 10.2 Å². The number of thiophene rings is 1. The summed E-state index contributed by atoms with van der Waals surface area (Å²) in [4.78, 5) is 28.8. The first kappa shape index (κ1) is 11.8. The fourth-order valence-electron chi connectivity index (χ4n) is 1.59. The Morgan fingerprint density at radius 2 is 2.35 bits per heavy atom. The van der Waals surface area contributed by atoms with E-state index in [4.69, 9.17) is 0 Å². The smallest absolute Gasteiger partial charge is 0.262 e. The summed E-state index contributed by atoms with van der Waals surface area (Å²) < 4.78 is 1.52. The predicted octanol–water partition coefficient (Wildman–Crippen LogP) is 0.903. The Bertz CT molecular complexity index is 615. The number of carbonyl (C=O) groups is 1. The van der Waals surface area contributed by atoms with E-state index in [1.54, 1.807) is 0 Å². The Balaban J connectivity index is 2.26. The van der Waals surface area contributed by atoms with Crippen molar-refractivity contribution in [2.75, 3.05) is 6.54 Å². The number of hydrogen-bond donors (Lipinski definition) is 1. The van der Waals surface area contributed by atoms with Gasteiger partial charge in [0.1, 0.15) is 4.83 Å². The van der Waals surface area contributed by atoms with Crippen molar-refractivity contribution < 1.29 is 4.79 Å². The standard InChI is InChI=1S/C11H13N3O2S/c1-7-5-9-10(17-7)13-6-14(11(9)16)4-3-12-8(2)15/h5-6H,3-4H2,1-2H3,(H,12,15). The monoisotopic (exact) mass is 251 g/mol. The highest BCUT2D eigenvalue weighted by Crippen LogP contribution is 2.19. The molecule has 0 aliphatic heterocycles. The summed E-state index contributed by atoms with van der Waals surface area (Å²) in [5.41, 5.74) is -0.0512. The Hall–Kier alpha value is -1.69. The van der Waals surface area contributed by atoms with Crippen LogP contribution in [0.2, 0.25) is 0 Å². The zero-order chi connectivity index (χ0) is 12.4. The Morgan fingerprint density at radius 1 is 1.59 bits per heavy atom. The van der Waals surface area contributed by atoms with Crippen molar-refractivity contribution in [2.45, 2.75) is 20.4 Å². The summed E-state index contributed by atoms with van der Waals surface area (Å²) in [6.07, 6.45) is 1.53. The highest BCUT2D eigenvalue weighted by molar-refractivity contribution is 7.18. The minimum Gasteiger partial charge on any atom is -0.355 e. The van der Waals surface area contributed by atoms with Gasteiger partial charge in [0.25, 0.3) is 5.56 Å². The van der Waals surface area contributed by atoms with Crippen molar-refractivity contribution in [3.8, 4) is 0 Å². The Labute approximate surface area is 102 Å². The van der Waals surface area contributed by atoms with Crippen LogP contribution in [0.4, 0.5) is 0 Å². The second-order valence-electron chi connectivity index (χ2n) is 3.80. The van der Waals surface area contributed by atoms with Gasteiger partial charge in [0, 0.05) is 24.9 Å². The number of aryl methyl sites for hydroxylation is 1. The van der Waals surface area contributed by atoms with Crippen LogP contribution in [-0.2, 0) is 11.3 Å². The van der Waals surface area contributed by atoms with Crippen molar-refractivity contribution in [3.05, 3.63) is 27.6 Å². The molecule has 0 radical (unpaired) electrons. The molecule has 2 heterocycles. The molecule has 0 unspecified atom stereocenters. The molecule has 1 amide bonds. The SMILES string of the molecule is CC(=O)NCCn1cnc2sc(C)cc2c1=O. The third kappa shape index (κ3) is 2.52. The molecule has 0 aliphatic rings. The van der Waals surface area contributed by atoms with Crippen LogP contribution in [0.1, 0.15) is 11.8 Å². The van der Waals surface area contributed by atoms with Crippen molar-refractivity contribution in [2.24, 2.45) is 0 Å². The molecule has 90 valence electrons. The van der Waals surface area contributed by atoms with E-state index in [1.165, 1.54) is 29.2 Å². The zero-order valence-corrected chi connectivity index (χ0v) is 10.5. The number of fused-ring (bicyclic) bond motifs is 1. The Kier molecular flexibility index (Phi) is 3.23. The summed E-state index contributed by atoms with van der Waals surface area (Å²) in [6, 6.07) is 1.85. The molecule has 0 saturated heterocycles. The molecule has 1 N–H and O–H groups in total. The molecule has 0 fully saturated rings. The molecule has 2 aromatic rings. The van der Waals surface area contributed by atoms with E-state index in [9.17, 15) is 9.59 Å². The molecule has 0 spiro atoms. The van der Waals surface area contributed by atoms with Gasteiger partial charge in [-0.2, -0.15) is 0 Å². The second-order valence-corrected chi connectivity index (χ2v) is 5.04. The molecular weight excluding hydrogens is 238 g/mol. The fourth-order valence-corrected chi connectivity index (χ4v) is 2.43. The van der Waals surface area contributed by atoms with Crippen molar-refractivity contribution in [1.29, 1.82) is 0 Å². The number of amides is 1. The molecule has 6 heteroatoms. The molecule has 0 aromatic carbocycles. The number of carbonyl (C=O) groups excluding carboxylic acids is 1. The zero-order valence-electron chi connectivity index (χ0n) is 9.69. The van der Waals surface area contributed by atoms with Crippen molar-refractivity contribution >= 4 is 27.5 Å². The maximum absolute atomic E-state index is 12.0. The summed E-state index contributed by atoms with van der Waals surface area (Å²) >= 11 is 1.51. The third-order valence-corrected chi connectivity index (χ3v) is 3.33. The van der Waals surface area contributed by atoms with E-state index in [0.29, 0.717) is 18.5 Å². The van der Waals surface area contributed by atoms with E-state index in [0.717, 1.165) is 9.71 Å². The highest BCUT2D eigenvalue weighted by atomic mass is 32.1. The second kappa shape index (κ2) is 4.67. The van der Waals surface area contributed by atoms with Crippen LogP contribution in [0.5, 0.6) is 0 Å². The predicted molar refractivity (Wildman–Crippen MR) is 67.3 cm³/mol. The van der Waals surface area contributed by atoms with Crippen LogP contribution < -0.4 is 10.9 Å². The average molecular weight is 251 g/mol. The minimum absolute atomic E-state index is 0.0512. The fraction of sp³-hybridized carbons (Fsp3) is 0.364. The van der Waals surface area contributed by atoms with Gasteiger partial charge in [-0.15, -0.1) is 11.3 Å². The van der Waals surface area contributed by atoms with Crippen LogP contribution in [-0.4, -0.2) is 22.0 Å². The normalized spacial score (nSPS) is 10.7. The molecule has 0 aliphatic carbocycles. The maximum Gasteiger partial charge on any atom is 0.262 e. The molecule has 0 atom stereocenters. The molecular formula is C11H13N3O2S. The molecule has 17 heavy (non-hydrogen) atoms. The quantitative estimate of drug-likeness (QED) is 0.881. The van der Waals surface area contributed by atoms with Gasteiger partial charge in [0.15, 0.2) is 0 Å². The topological polar surface area (TPSA) is 64.0 Å². The first-order chi connectivity index (χ1) is 8.08. The van der Waals surface area contributed by atoms with E-state index in [-0.39, 0.29) is 11.5 Å². The third-order valence-electron chi connectivity index (χ3n) is 2.37. The van der Waals surface area contributed by atoms with Gasteiger partial charge in [-0.3, -0.25) is 14.2 Å². The van der Waals surface area contributed by atoms with Crippen LogP contribution >= 0.6 is 11.3 Å². The van der Waals surface area contributed by atoms with Crippen LogP contribution in [0.15, 0.2) is 17.2 Å². The lowest BCUT2D eigenvalue weighted by atomic mass is 10.3. The lowest BCUT2D eigenvalue weighted by Gasteiger charge is -2.05. The molecule has 5 nitrogen and oxygen atoms in total. The summed E-state index contributed by atoms with van der Waals surface area (Å²) in [6.45, 7) is 4.28. The maximum atomic E-state index is 12.0. The first-order valence-electron chi connectivity index (χ1n) is 5.28. The van der Waals surface area contributed by atoms with Crippen LogP contribution in [0.3, 0.4) is 0 Å². The van der Waals surface area contributed by atoms with Gasteiger partial charge in [0.2, 0.25) is 5.91 Å². The number of aromatic nitrogens is 2. The highest BCUT2D eigenvalue weighted by Gasteiger charge is 2.06. The number of nitrogens with one attached hydrogen (secondary N) is 1. The summed E-state index contributed by atoms with van der Waals surface area (Å²) in [5.74, 6) is -0.0986. The average Bonchev–Trinajstić information content (AvgIpc) is 2.63. The molecule has 2 aromatic heterocycles. The van der Waals surface area contributed by atoms with E-state index in [1.807, 2.05) is 13.0 Å². The largest absolute Gasteiger partial charge is 0.355 e. The van der Waals surface area contributed by atoms with Crippen molar-refractivity contribution in [1.82, 2.24) is 14.9 Å². The van der Waals surface area contributed by atoms with E-state index >= 15 is 0 Å². The van der Waals surface area contributed by atoms with Gasteiger partial charge >= 0.3 is 0 Å². The Morgan fingerprint density at radius 3 is 3.06 bits per heavy atom. The first-order valence-corrected chi connectivity index (χ1v) is 6.09. The molecule has 2 rings (SSSR count). The van der Waals surface area contributed by atoms with Crippen LogP contribution in [0, 0.1) is 6.92 Å². The van der Waals surface area contributed by atoms with Gasteiger partial charge < -0.3 is 5.32 Å². The van der Waals surface area contributed by atoms with Gasteiger partial charge in [-0.05, 0) is 13.0 Å². The molecule has 0 saturated carbocycles. The van der Waals surface area contributed by atoms with Gasteiger partial charge in [-0.1, -0.05) is 0 Å². The summed E-state index contributed by atoms with van der Waals surface area (Å²) in [7, 11) is 0. The van der Waals surface area contributed by atoms with Crippen molar-refractivity contribution in [3.63, 3.8) is 0 Å². The van der Waals surface area contributed by atoms with Gasteiger partial charge in [0.05, 0.1) is 11.7 Å². The van der Waals surface area contributed by atoms with E-state index in [2.05, 4.69) is 10.3 Å². The lowest BCUT2D eigenvalue weighted by molar-refractivity contribution is -0.118. The van der Waals surface area contributed by atoms with Gasteiger partial charge in [-0.25, -0.2) is 4.98 Å². The molecule has 0 bridgehead atoms. The number of nitrogens with zero attached hydrogens (tertiary/aromatic N) is 2. The number of hydrogen-bond acceptors (Lipinski definition) is 4. The minimum atomic E-state index is -0.0986. The lowest BCUT2D eigenvalue weighted by Crippen LogP contribution is -2.29. The summed E-state index contributed by atoms with van der Waals surface area (Å²) in [5, 5.41) is 3.30. The van der Waals surface area contributed by atoms with E-state index < -0.39 is 0 Å². The number of rotatable bonds is 3.